The molecule has 0 aromatic heterocycles. The van der Waals surface area contributed by atoms with Crippen LogP contribution in [-0.2, 0) is 6.54 Å². The molecule has 0 fully saturated rings. The van der Waals surface area contributed by atoms with Crippen LogP contribution in [0.25, 0.3) is 0 Å². The van der Waals surface area contributed by atoms with Crippen LogP contribution < -0.4 is 5.73 Å². The topological polar surface area (TPSA) is 69.2 Å². The minimum atomic E-state index is -0.648. The molecular weight excluding hydrogens is 199 g/mol. The molecule has 0 spiro atoms. The van der Waals surface area contributed by atoms with Crippen molar-refractivity contribution in [3.63, 3.8) is 0 Å². The zero-order valence-electron chi connectivity index (χ0n) is 6.57. The number of rotatable bonds is 2. The number of benzene rings is 1. The summed E-state index contributed by atoms with van der Waals surface area (Å²) in [5.74, 6) is -0.626. The van der Waals surface area contributed by atoms with Crippen molar-refractivity contribution in [3.8, 4) is 0 Å². The van der Waals surface area contributed by atoms with Crippen LogP contribution in [0, 0.1) is 15.9 Å². The molecule has 0 radical (unpaired) electrons. The second-order valence-electron chi connectivity index (χ2n) is 2.23. The van der Waals surface area contributed by atoms with E-state index in [0.717, 1.165) is 12.1 Å². The van der Waals surface area contributed by atoms with Gasteiger partial charge in [0, 0.05) is 12.1 Å². The van der Waals surface area contributed by atoms with Crippen molar-refractivity contribution in [2.75, 3.05) is 0 Å². The molecule has 4 nitrogen and oxygen atoms in total. The highest BCUT2D eigenvalue weighted by atomic mass is 35.5. The van der Waals surface area contributed by atoms with Crippen LogP contribution in [0.5, 0.6) is 0 Å². The average molecular weight is 207 g/mol. The van der Waals surface area contributed by atoms with Gasteiger partial charge in [0.05, 0.1) is 11.0 Å². The second kappa shape index (κ2) is 4.74. The predicted molar refractivity (Wildman–Crippen MR) is 48.2 cm³/mol. The third-order valence-electron chi connectivity index (χ3n) is 1.46. The summed E-state index contributed by atoms with van der Waals surface area (Å²) in [5, 5.41) is 10.3. The number of hydrogen-bond acceptors (Lipinski definition) is 3. The Morgan fingerprint density at radius 2 is 2.15 bits per heavy atom. The zero-order chi connectivity index (χ0) is 9.14. The molecule has 0 atom stereocenters. The molecule has 0 saturated heterocycles. The first kappa shape index (κ1) is 11.8. The molecule has 1 aromatic carbocycles. The molecule has 0 aliphatic heterocycles. The molecule has 0 aliphatic carbocycles. The molecule has 0 aliphatic rings. The van der Waals surface area contributed by atoms with Crippen molar-refractivity contribution in [1.29, 1.82) is 0 Å². The predicted octanol–water partition coefficient (Wildman–Crippen LogP) is 1.61. The van der Waals surface area contributed by atoms with Gasteiger partial charge in [-0.2, -0.15) is 0 Å². The highest BCUT2D eigenvalue weighted by Crippen LogP contribution is 2.18. The van der Waals surface area contributed by atoms with Gasteiger partial charge in [-0.3, -0.25) is 10.1 Å². The van der Waals surface area contributed by atoms with E-state index in [9.17, 15) is 14.5 Å². The number of nitro benzene ring substituents is 1. The van der Waals surface area contributed by atoms with Crippen LogP contribution in [0.4, 0.5) is 10.1 Å². The Hall–Kier alpha value is -1.20. The molecule has 2 N–H and O–H groups in total. The van der Waals surface area contributed by atoms with E-state index in [1.165, 1.54) is 6.07 Å². The Kier molecular flexibility index (Phi) is 4.30. The fraction of sp³-hybridized carbons (Fsp3) is 0.143. The lowest BCUT2D eigenvalue weighted by atomic mass is 10.2. The van der Waals surface area contributed by atoms with Crippen LogP contribution >= 0.6 is 12.4 Å². The van der Waals surface area contributed by atoms with Crippen LogP contribution in [0.1, 0.15) is 5.56 Å². The van der Waals surface area contributed by atoms with Crippen LogP contribution in [0.15, 0.2) is 18.2 Å². The third-order valence-corrected chi connectivity index (χ3v) is 1.46. The number of nitro groups is 1. The van der Waals surface area contributed by atoms with Gasteiger partial charge in [0.1, 0.15) is 5.82 Å². The zero-order valence-corrected chi connectivity index (χ0v) is 7.38. The van der Waals surface area contributed by atoms with Crippen molar-refractivity contribution in [1.82, 2.24) is 0 Å². The summed E-state index contributed by atoms with van der Waals surface area (Å²) in [6.07, 6.45) is 0. The SMILES string of the molecule is Cl.NCc1ccc(F)cc1[N+](=O)[O-]. The number of nitrogens with two attached hydrogens (primary N) is 1. The molecule has 1 aromatic rings. The fourth-order valence-electron chi connectivity index (χ4n) is 0.880. The van der Waals surface area contributed by atoms with Gasteiger partial charge in [-0.05, 0) is 12.1 Å². The Morgan fingerprint density at radius 3 is 2.62 bits per heavy atom. The van der Waals surface area contributed by atoms with Gasteiger partial charge in [0.2, 0.25) is 0 Å². The molecule has 1 rings (SSSR count). The standard InChI is InChI=1S/C7H7FN2O2.ClH/c8-6-2-1-5(4-9)7(3-6)10(11)12;/h1-3H,4,9H2;1H. The van der Waals surface area contributed by atoms with Crippen LogP contribution in [-0.4, -0.2) is 4.92 Å². The van der Waals surface area contributed by atoms with Crippen molar-refractivity contribution in [2.24, 2.45) is 5.73 Å². The molecule has 0 saturated carbocycles. The minimum absolute atomic E-state index is 0. The first-order chi connectivity index (χ1) is 5.65. The first-order valence-corrected chi connectivity index (χ1v) is 3.28. The Bertz CT molecular complexity index is 319. The lowest BCUT2D eigenvalue weighted by Gasteiger charge is -1.98. The lowest BCUT2D eigenvalue weighted by Crippen LogP contribution is -2.01. The van der Waals surface area contributed by atoms with Gasteiger partial charge >= 0.3 is 0 Å². The maximum absolute atomic E-state index is 12.5. The number of halogens is 2. The molecule has 6 heteroatoms. The van der Waals surface area contributed by atoms with Gasteiger partial charge in [0.25, 0.3) is 5.69 Å². The average Bonchev–Trinajstić information content (AvgIpc) is 2.04. The monoisotopic (exact) mass is 206 g/mol. The minimum Gasteiger partial charge on any atom is -0.326 e. The smallest absolute Gasteiger partial charge is 0.276 e. The highest BCUT2D eigenvalue weighted by Gasteiger charge is 2.12. The van der Waals surface area contributed by atoms with Crippen molar-refractivity contribution >= 4 is 18.1 Å². The first-order valence-electron chi connectivity index (χ1n) is 3.28. The summed E-state index contributed by atoms with van der Waals surface area (Å²) in [5.41, 5.74) is 5.28. The highest BCUT2D eigenvalue weighted by molar-refractivity contribution is 5.85. The van der Waals surface area contributed by atoms with E-state index in [1.807, 2.05) is 0 Å². The molecular formula is C7H8ClFN2O2. The van der Waals surface area contributed by atoms with Gasteiger partial charge in [-0.1, -0.05) is 0 Å². The van der Waals surface area contributed by atoms with Crippen LogP contribution in [0.2, 0.25) is 0 Å². The molecule has 0 unspecified atom stereocenters. The maximum Gasteiger partial charge on any atom is 0.276 e. The largest absolute Gasteiger partial charge is 0.326 e. The summed E-state index contributed by atoms with van der Waals surface area (Å²) < 4.78 is 12.5. The van der Waals surface area contributed by atoms with Crippen molar-refractivity contribution in [2.45, 2.75) is 6.54 Å². The van der Waals surface area contributed by atoms with Gasteiger partial charge in [-0.15, -0.1) is 12.4 Å². The quantitative estimate of drug-likeness (QED) is 0.591. The molecule has 0 amide bonds. The second-order valence-corrected chi connectivity index (χ2v) is 2.23. The summed E-state index contributed by atoms with van der Waals surface area (Å²) in [6.45, 7) is 0.0383. The number of nitrogens with zero attached hydrogens (tertiary/aromatic N) is 1. The summed E-state index contributed by atoms with van der Waals surface area (Å²) >= 11 is 0. The molecule has 13 heavy (non-hydrogen) atoms. The number of hydrogen-bond donors (Lipinski definition) is 1. The lowest BCUT2D eigenvalue weighted by molar-refractivity contribution is -0.385. The maximum atomic E-state index is 12.5. The molecule has 0 bridgehead atoms. The van der Waals surface area contributed by atoms with E-state index in [2.05, 4.69) is 0 Å². The summed E-state index contributed by atoms with van der Waals surface area (Å²) in [4.78, 5) is 9.67. The summed E-state index contributed by atoms with van der Waals surface area (Å²) in [7, 11) is 0. The van der Waals surface area contributed by atoms with Crippen molar-refractivity contribution < 1.29 is 9.31 Å². The van der Waals surface area contributed by atoms with E-state index < -0.39 is 10.7 Å². The Labute approximate surface area is 80.1 Å². The van der Waals surface area contributed by atoms with E-state index in [1.54, 1.807) is 0 Å². The Morgan fingerprint density at radius 1 is 1.54 bits per heavy atom. The van der Waals surface area contributed by atoms with E-state index >= 15 is 0 Å². The molecule has 0 heterocycles. The van der Waals surface area contributed by atoms with Crippen LogP contribution in [0.3, 0.4) is 0 Å². The van der Waals surface area contributed by atoms with Gasteiger partial charge in [-0.25, -0.2) is 4.39 Å². The summed E-state index contributed by atoms with van der Waals surface area (Å²) in [6, 6.07) is 3.32. The Balaban J connectivity index is 0.00000144. The molecule has 72 valence electrons. The van der Waals surface area contributed by atoms with Crippen molar-refractivity contribution in [3.05, 3.63) is 39.7 Å². The van der Waals surface area contributed by atoms with Gasteiger partial charge in [0.15, 0.2) is 0 Å². The van der Waals surface area contributed by atoms with E-state index in [-0.39, 0.29) is 24.6 Å². The van der Waals surface area contributed by atoms with E-state index in [4.69, 9.17) is 5.73 Å². The van der Waals surface area contributed by atoms with Gasteiger partial charge < -0.3 is 5.73 Å². The van der Waals surface area contributed by atoms with E-state index in [0.29, 0.717) is 5.56 Å². The fourth-order valence-corrected chi connectivity index (χ4v) is 0.880. The normalized spacial score (nSPS) is 9.08. The third kappa shape index (κ3) is 2.64.